The van der Waals surface area contributed by atoms with Gasteiger partial charge in [0, 0.05) is 16.7 Å². The number of halogens is 2. The van der Waals surface area contributed by atoms with Crippen LogP contribution < -0.4 is 14.9 Å². The topological polar surface area (TPSA) is 73.8 Å². The highest BCUT2D eigenvalue weighted by molar-refractivity contribution is 7.07. The summed E-state index contributed by atoms with van der Waals surface area (Å²) in [5.74, 6) is 0.518. The standard InChI is InChI=1S/C27H20Cl2N2O4S/c1-3-34-26(33)23-15(2)30-27-31(24(23)16-7-5-4-6-8-16)25(32)22(36-27)14-18-10-12-21(35-18)19-13-17(28)9-11-20(19)29/h4-14,24H,3H2,1-2H3. The van der Waals surface area contributed by atoms with E-state index in [1.807, 2.05) is 30.3 Å². The molecule has 0 fully saturated rings. The number of allylic oxidation sites excluding steroid dienone is 1. The molecule has 3 heterocycles. The number of ether oxygens (including phenoxy) is 1. The van der Waals surface area contributed by atoms with Gasteiger partial charge in [0.1, 0.15) is 11.5 Å². The average molecular weight is 539 g/mol. The number of thiazole rings is 1. The monoisotopic (exact) mass is 538 g/mol. The molecule has 1 atom stereocenters. The molecule has 0 saturated heterocycles. The number of carbonyl (C=O) groups is 1. The highest BCUT2D eigenvalue weighted by Crippen LogP contribution is 2.32. The maximum Gasteiger partial charge on any atom is 0.338 e. The molecule has 1 aliphatic rings. The van der Waals surface area contributed by atoms with Crippen LogP contribution in [0.2, 0.25) is 10.0 Å². The van der Waals surface area contributed by atoms with Gasteiger partial charge < -0.3 is 9.15 Å². The lowest BCUT2D eigenvalue weighted by Gasteiger charge is -2.24. The molecule has 0 radical (unpaired) electrons. The summed E-state index contributed by atoms with van der Waals surface area (Å²) < 4.78 is 13.2. The quantitative estimate of drug-likeness (QED) is 0.320. The van der Waals surface area contributed by atoms with Crippen LogP contribution in [0.5, 0.6) is 0 Å². The number of aromatic nitrogens is 1. The molecule has 0 spiro atoms. The Hall–Kier alpha value is -3.39. The number of benzene rings is 2. The van der Waals surface area contributed by atoms with Gasteiger partial charge >= 0.3 is 5.97 Å². The van der Waals surface area contributed by atoms with Crippen molar-refractivity contribution in [3.8, 4) is 11.3 Å². The van der Waals surface area contributed by atoms with Crippen LogP contribution in [0.4, 0.5) is 0 Å². The van der Waals surface area contributed by atoms with Gasteiger partial charge in [-0.05, 0) is 49.7 Å². The van der Waals surface area contributed by atoms with Gasteiger partial charge in [-0.2, -0.15) is 0 Å². The van der Waals surface area contributed by atoms with Gasteiger partial charge in [0.15, 0.2) is 4.80 Å². The first kappa shape index (κ1) is 24.3. The van der Waals surface area contributed by atoms with Crippen LogP contribution in [0.25, 0.3) is 17.4 Å². The summed E-state index contributed by atoms with van der Waals surface area (Å²) in [4.78, 5) is 31.6. The van der Waals surface area contributed by atoms with E-state index in [4.69, 9.17) is 32.4 Å². The molecule has 2 aromatic heterocycles. The van der Waals surface area contributed by atoms with Crippen LogP contribution in [0.1, 0.15) is 31.2 Å². The molecule has 0 bridgehead atoms. The number of fused-ring (bicyclic) bond motifs is 1. The van der Waals surface area contributed by atoms with Gasteiger partial charge in [0.25, 0.3) is 5.56 Å². The summed E-state index contributed by atoms with van der Waals surface area (Å²) >= 11 is 13.7. The van der Waals surface area contributed by atoms with E-state index in [1.165, 1.54) is 11.3 Å². The minimum atomic E-state index is -0.652. The molecular weight excluding hydrogens is 519 g/mol. The molecule has 6 nitrogen and oxygen atoms in total. The maximum absolute atomic E-state index is 13.6. The molecule has 0 N–H and O–H groups in total. The van der Waals surface area contributed by atoms with Crippen molar-refractivity contribution in [2.75, 3.05) is 6.61 Å². The molecule has 4 aromatic rings. The van der Waals surface area contributed by atoms with Gasteiger partial charge in [0.05, 0.1) is 33.5 Å². The van der Waals surface area contributed by atoms with Crippen molar-refractivity contribution in [3.05, 3.63) is 113 Å². The molecule has 36 heavy (non-hydrogen) atoms. The lowest BCUT2D eigenvalue weighted by atomic mass is 9.96. The normalized spacial score (nSPS) is 15.6. The maximum atomic E-state index is 13.6. The Morgan fingerprint density at radius 2 is 1.94 bits per heavy atom. The molecule has 1 unspecified atom stereocenters. The SMILES string of the molecule is CCOC(=O)C1=C(C)N=c2sc(=Cc3ccc(-c4cc(Cl)ccc4Cl)o3)c(=O)n2C1c1ccccc1. The van der Waals surface area contributed by atoms with Crippen LogP contribution in [0.3, 0.4) is 0 Å². The van der Waals surface area contributed by atoms with Gasteiger partial charge in [0.2, 0.25) is 0 Å². The van der Waals surface area contributed by atoms with Gasteiger partial charge in [-0.1, -0.05) is 64.9 Å². The second kappa shape index (κ2) is 9.93. The summed E-state index contributed by atoms with van der Waals surface area (Å²) in [7, 11) is 0. The van der Waals surface area contributed by atoms with Crippen molar-refractivity contribution in [2.45, 2.75) is 19.9 Å². The summed E-state index contributed by atoms with van der Waals surface area (Å²) in [5.41, 5.74) is 2.03. The average Bonchev–Trinajstić information content (AvgIpc) is 3.45. The van der Waals surface area contributed by atoms with Crippen LogP contribution in [-0.4, -0.2) is 17.1 Å². The molecule has 1 aliphatic heterocycles. The molecule has 0 amide bonds. The lowest BCUT2D eigenvalue weighted by Crippen LogP contribution is -2.39. The van der Waals surface area contributed by atoms with E-state index >= 15 is 0 Å². The minimum Gasteiger partial charge on any atom is -0.463 e. The zero-order valence-electron chi connectivity index (χ0n) is 19.3. The number of rotatable bonds is 5. The lowest BCUT2D eigenvalue weighted by molar-refractivity contribution is -0.139. The first-order valence-corrected chi connectivity index (χ1v) is 12.7. The molecule has 0 aliphatic carbocycles. The van der Waals surface area contributed by atoms with Crippen molar-refractivity contribution < 1.29 is 13.9 Å². The Labute approximate surface area is 220 Å². The van der Waals surface area contributed by atoms with E-state index in [0.717, 1.165) is 5.56 Å². The molecule has 0 saturated carbocycles. The number of hydrogen-bond donors (Lipinski definition) is 0. The van der Waals surface area contributed by atoms with Crippen molar-refractivity contribution >= 4 is 46.6 Å². The molecular formula is C27H20Cl2N2O4S. The molecule has 182 valence electrons. The first-order valence-electron chi connectivity index (χ1n) is 11.2. The fourth-order valence-corrected chi connectivity index (χ4v) is 5.54. The van der Waals surface area contributed by atoms with Crippen molar-refractivity contribution in [3.63, 3.8) is 0 Å². The van der Waals surface area contributed by atoms with Crippen LogP contribution in [0.15, 0.2) is 86.1 Å². The summed E-state index contributed by atoms with van der Waals surface area (Å²) in [5, 5.41) is 1.04. The Morgan fingerprint density at radius 3 is 2.69 bits per heavy atom. The third-order valence-electron chi connectivity index (χ3n) is 5.73. The number of esters is 1. The number of furan rings is 1. The number of hydrogen-bond acceptors (Lipinski definition) is 6. The molecule has 5 rings (SSSR count). The van der Waals surface area contributed by atoms with Crippen molar-refractivity contribution in [1.82, 2.24) is 4.57 Å². The summed E-state index contributed by atoms with van der Waals surface area (Å²) in [6, 6.07) is 17.4. The fourth-order valence-electron chi connectivity index (χ4n) is 4.13. The van der Waals surface area contributed by atoms with E-state index in [-0.39, 0.29) is 12.2 Å². The number of carbonyl (C=O) groups excluding carboxylic acids is 1. The predicted molar refractivity (Wildman–Crippen MR) is 141 cm³/mol. The third kappa shape index (κ3) is 4.46. The van der Waals surface area contributed by atoms with E-state index in [1.54, 1.807) is 54.8 Å². The zero-order chi connectivity index (χ0) is 25.4. The Kier molecular flexibility index (Phi) is 6.71. The first-order chi connectivity index (χ1) is 17.4. The Morgan fingerprint density at radius 1 is 1.17 bits per heavy atom. The Balaban J connectivity index is 1.64. The summed E-state index contributed by atoms with van der Waals surface area (Å²) in [6.07, 6.45) is 1.66. The third-order valence-corrected chi connectivity index (χ3v) is 7.27. The van der Waals surface area contributed by atoms with Gasteiger partial charge in [-0.15, -0.1) is 0 Å². The van der Waals surface area contributed by atoms with Gasteiger partial charge in [-0.3, -0.25) is 9.36 Å². The van der Waals surface area contributed by atoms with E-state index in [9.17, 15) is 9.59 Å². The zero-order valence-corrected chi connectivity index (χ0v) is 21.7. The van der Waals surface area contributed by atoms with Crippen LogP contribution >= 0.6 is 34.5 Å². The minimum absolute atomic E-state index is 0.221. The predicted octanol–water partition coefficient (Wildman–Crippen LogP) is 5.37. The van der Waals surface area contributed by atoms with Gasteiger partial charge in [-0.25, -0.2) is 9.79 Å². The second-order valence-corrected chi connectivity index (χ2v) is 9.89. The molecule has 9 heteroatoms. The van der Waals surface area contributed by atoms with Crippen LogP contribution in [-0.2, 0) is 9.53 Å². The fraction of sp³-hybridized carbons (Fsp3) is 0.148. The van der Waals surface area contributed by atoms with E-state index in [2.05, 4.69) is 4.99 Å². The number of nitrogens with zero attached hydrogens (tertiary/aromatic N) is 2. The second-order valence-electron chi connectivity index (χ2n) is 8.04. The van der Waals surface area contributed by atoms with Crippen molar-refractivity contribution in [2.24, 2.45) is 4.99 Å². The van der Waals surface area contributed by atoms with E-state index in [0.29, 0.717) is 47.7 Å². The van der Waals surface area contributed by atoms with E-state index < -0.39 is 12.0 Å². The molecule has 2 aromatic carbocycles. The Bertz CT molecular complexity index is 1680. The highest BCUT2D eigenvalue weighted by atomic mass is 35.5. The largest absolute Gasteiger partial charge is 0.463 e. The van der Waals surface area contributed by atoms with Crippen LogP contribution in [0, 0.1) is 0 Å². The smallest absolute Gasteiger partial charge is 0.338 e. The summed E-state index contributed by atoms with van der Waals surface area (Å²) in [6.45, 7) is 3.72. The highest BCUT2D eigenvalue weighted by Gasteiger charge is 2.33. The van der Waals surface area contributed by atoms with Crippen molar-refractivity contribution in [1.29, 1.82) is 0 Å².